The number of hydrogen-bond acceptors (Lipinski definition) is 6. The Balaban J connectivity index is 1.72. The van der Waals surface area contributed by atoms with Crippen LogP contribution in [0.15, 0.2) is 40.1 Å². The summed E-state index contributed by atoms with van der Waals surface area (Å²) in [6, 6.07) is 7.90. The van der Waals surface area contributed by atoms with Gasteiger partial charge in [0.15, 0.2) is 11.0 Å². The van der Waals surface area contributed by atoms with E-state index in [1.165, 1.54) is 11.8 Å². The fourth-order valence-electron chi connectivity index (χ4n) is 2.07. The van der Waals surface area contributed by atoms with Crippen molar-refractivity contribution in [3.05, 3.63) is 47.5 Å². The third kappa shape index (κ3) is 2.90. The number of aliphatic hydroxyl groups excluding tert-OH is 1. The Morgan fingerprint density at radius 2 is 2.14 bits per heavy atom. The molecule has 1 N–H and O–H groups in total. The maximum Gasteiger partial charge on any atom is 0.258 e. The molecule has 0 spiro atoms. The van der Waals surface area contributed by atoms with Gasteiger partial charge in [0.05, 0.1) is 24.3 Å². The topological polar surface area (TPSA) is 77.0 Å². The zero-order valence-corrected chi connectivity index (χ0v) is 13.2. The molecule has 2 aromatic heterocycles. The number of thioether (sulfide) groups is 1. The smallest absolute Gasteiger partial charge is 0.258 e. The van der Waals surface area contributed by atoms with Crippen molar-refractivity contribution >= 4 is 11.8 Å². The zero-order chi connectivity index (χ0) is 15.5. The van der Waals surface area contributed by atoms with E-state index >= 15 is 0 Å². The molecule has 1 aromatic carbocycles. The summed E-state index contributed by atoms with van der Waals surface area (Å²) in [6.07, 6.45) is 1.66. The first kappa shape index (κ1) is 14.8. The number of imidazole rings is 1. The normalized spacial score (nSPS) is 11.0. The van der Waals surface area contributed by atoms with Gasteiger partial charge < -0.3 is 14.2 Å². The summed E-state index contributed by atoms with van der Waals surface area (Å²) in [5.74, 6) is 1.71. The van der Waals surface area contributed by atoms with Crippen LogP contribution < -0.4 is 0 Å². The highest BCUT2D eigenvalue weighted by Gasteiger charge is 2.12. The summed E-state index contributed by atoms with van der Waals surface area (Å²) >= 11 is 1.50. The van der Waals surface area contributed by atoms with Gasteiger partial charge in [-0.1, -0.05) is 35.1 Å². The van der Waals surface area contributed by atoms with Crippen LogP contribution in [0, 0.1) is 6.92 Å². The van der Waals surface area contributed by atoms with E-state index in [9.17, 15) is 0 Å². The third-order valence-corrected chi connectivity index (χ3v) is 4.42. The molecule has 6 nitrogen and oxygen atoms in total. The molecule has 0 fully saturated rings. The zero-order valence-electron chi connectivity index (χ0n) is 12.4. The number of aromatic nitrogens is 4. The maximum atomic E-state index is 9.16. The van der Waals surface area contributed by atoms with E-state index in [1.807, 2.05) is 42.8 Å². The molecule has 0 saturated carbocycles. The quantitative estimate of drug-likeness (QED) is 0.729. The van der Waals surface area contributed by atoms with E-state index in [-0.39, 0.29) is 6.61 Å². The van der Waals surface area contributed by atoms with Crippen LogP contribution in [0.3, 0.4) is 0 Å². The van der Waals surface area contributed by atoms with E-state index in [0.717, 1.165) is 22.0 Å². The van der Waals surface area contributed by atoms with Gasteiger partial charge in [-0.2, -0.15) is 4.98 Å². The third-order valence-electron chi connectivity index (χ3n) is 3.38. The lowest BCUT2D eigenvalue weighted by Gasteiger charge is -2.01. The summed E-state index contributed by atoms with van der Waals surface area (Å²) in [7, 11) is 1.87. The predicted molar refractivity (Wildman–Crippen MR) is 83.2 cm³/mol. The van der Waals surface area contributed by atoms with Gasteiger partial charge in [0.1, 0.15) is 0 Å². The standard InChI is InChI=1S/C15H16N4O2S/c1-10-5-3-4-6-12(10)14-17-13(18-21-14)9-22-15-16-7-11(8-20)19(15)2/h3-7,20H,8-9H2,1-2H3. The van der Waals surface area contributed by atoms with Gasteiger partial charge >= 0.3 is 0 Å². The van der Waals surface area contributed by atoms with Crippen LogP contribution in [0.1, 0.15) is 17.1 Å². The highest BCUT2D eigenvalue weighted by molar-refractivity contribution is 7.98. The summed E-state index contributed by atoms with van der Waals surface area (Å²) in [6.45, 7) is 1.99. The van der Waals surface area contributed by atoms with Gasteiger partial charge in [0, 0.05) is 12.6 Å². The average molecular weight is 316 g/mol. The van der Waals surface area contributed by atoms with Crippen LogP contribution in [0.2, 0.25) is 0 Å². The number of aliphatic hydroxyl groups is 1. The molecule has 0 aliphatic heterocycles. The van der Waals surface area contributed by atoms with Gasteiger partial charge in [0.25, 0.3) is 5.89 Å². The van der Waals surface area contributed by atoms with Crippen molar-refractivity contribution in [3.63, 3.8) is 0 Å². The lowest BCUT2D eigenvalue weighted by molar-refractivity contribution is 0.271. The van der Waals surface area contributed by atoms with Gasteiger partial charge in [-0.25, -0.2) is 4.98 Å². The minimum atomic E-state index is -0.0241. The summed E-state index contributed by atoms with van der Waals surface area (Å²) in [5, 5.41) is 14.0. The van der Waals surface area contributed by atoms with E-state index in [4.69, 9.17) is 9.63 Å². The first-order valence-electron chi connectivity index (χ1n) is 6.82. The van der Waals surface area contributed by atoms with E-state index in [1.54, 1.807) is 6.20 Å². The minimum Gasteiger partial charge on any atom is -0.390 e. The molecule has 0 radical (unpaired) electrons. The Labute approximate surface area is 132 Å². The molecule has 0 saturated heterocycles. The minimum absolute atomic E-state index is 0.0241. The number of hydrogen-bond donors (Lipinski definition) is 1. The Morgan fingerprint density at radius 3 is 2.86 bits per heavy atom. The van der Waals surface area contributed by atoms with Gasteiger partial charge in [-0.05, 0) is 18.6 Å². The molecule has 114 valence electrons. The van der Waals surface area contributed by atoms with Crippen molar-refractivity contribution in [3.8, 4) is 11.5 Å². The number of aryl methyl sites for hydroxylation is 1. The molecule has 0 atom stereocenters. The summed E-state index contributed by atoms with van der Waals surface area (Å²) < 4.78 is 7.19. The van der Waals surface area contributed by atoms with Crippen molar-refractivity contribution < 1.29 is 9.63 Å². The Morgan fingerprint density at radius 1 is 1.32 bits per heavy atom. The van der Waals surface area contributed by atoms with Crippen molar-refractivity contribution in [2.45, 2.75) is 24.4 Å². The van der Waals surface area contributed by atoms with Crippen LogP contribution in [-0.4, -0.2) is 24.8 Å². The molecule has 3 aromatic rings. The van der Waals surface area contributed by atoms with Crippen LogP contribution in [0.25, 0.3) is 11.5 Å². The molecule has 3 rings (SSSR count). The number of rotatable bonds is 5. The Kier molecular flexibility index (Phi) is 4.26. The van der Waals surface area contributed by atoms with Crippen molar-refractivity contribution in [2.24, 2.45) is 7.05 Å². The molecule has 2 heterocycles. The summed E-state index contributed by atoms with van der Waals surface area (Å²) in [4.78, 5) is 8.69. The second-order valence-corrected chi connectivity index (χ2v) is 5.81. The second-order valence-electron chi connectivity index (χ2n) is 4.87. The van der Waals surface area contributed by atoms with Crippen LogP contribution in [0.4, 0.5) is 0 Å². The van der Waals surface area contributed by atoms with Crippen molar-refractivity contribution in [1.82, 2.24) is 19.7 Å². The molecule has 0 aliphatic carbocycles. The number of benzene rings is 1. The molecular formula is C15H16N4O2S. The molecule has 0 aliphatic rings. The first-order chi connectivity index (χ1) is 10.7. The van der Waals surface area contributed by atoms with Crippen LogP contribution in [0.5, 0.6) is 0 Å². The van der Waals surface area contributed by atoms with Crippen LogP contribution >= 0.6 is 11.8 Å². The largest absolute Gasteiger partial charge is 0.390 e. The first-order valence-corrected chi connectivity index (χ1v) is 7.80. The monoisotopic (exact) mass is 316 g/mol. The van der Waals surface area contributed by atoms with Gasteiger partial charge in [-0.3, -0.25) is 0 Å². The highest BCUT2D eigenvalue weighted by atomic mass is 32.2. The number of nitrogens with zero attached hydrogens (tertiary/aromatic N) is 4. The fourth-order valence-corrected chi connectivity index (χ4v) is 2.88. The van der Waals surface area contributed by atoms with E-state index in [2.05, 4.69) is 15.1 Å². The molecule has 0 bridgehead atoms. The lowest BCUT2D eigenvalue weighted by Crippen LogP contribution is -1.97. The van der Waals surface area contributed by atoms with Gasteiger partial charge in [0.2, 0.25) is 0 Å². The fraction of sp³-hybridized carbons (Fsp3) is 0.267. The SMILES string of the molecule is Cc1ccccc1-c1nc(CSc2ncc(CO)n2C)no1. The van der Waals surface area contributed by atoms with E-state index in [0.29, 0.717) is 17.5 Å². The average Bonchev–Trinajstić information content (AvgIpc) is 3.12. The predicted octanol–water partition coefficient (Wildman–Crippen LogP) is 2.56. The van der Waals surface area contributed by atoms with Gasteiger partial charge in [-0.15, -0.1) is 0 Å². The molecule has 0 unspecified atom stereocenters. The molecular weight excluding hydrogens is 300 g/mol. The molecule has 22 heavy (non-hydrogen) atoms. The van der Waals surface area contributed by atoms with Crippen molar-refractivity contribution in [1.29, 1.82) is 0 Å². The second kappa shape index (κ2) is 6.33. The Hall–Kier alpha value is -2.12. The Bertz CT molecular complexity index is 781. The van der Waals surface area contributed by atoms with Crippen molar-refractivity contribution in [2.75, 3.05) is 0 Å². The highest BCUT2D eigenvalue weighted by Crippen LogP contribution is 2.24. The molecule has 7 heteroatoms. The van der Waals surface area contributed by atoms with E-state index < -0.39 is 0 Å². The maximum absolute atomic E-state index is 9.16. The lowest BCUT2D eigenvalue weighted by atomic mass is 10.1. The van der Waals surface area contributed by atoms with Crippen LogP contribution in [-0.2, 0) is 19.4 Å². The molecule has 0 amide bonds. The summed E-state index contributed by atoms with van der Waals surface area (Å²) in [5.41, 5.74) is 2.82.